The predicted octanol–water partition coefficient (Wildman–Crippen LogP) is 3.52. The zero-order valence-electron chi connectivity index (χ0n) is 17.3. The zero-order valence-corrected chi connectivity index (χ0v) is 18.1. The minimum absolute atomic E-state index is 0.177. The highest BCUT2D eigenvalue weighted by Crippen LogP contribution is 2.26. The summed E-state index contributed by atoms with van der Waals surface area (Å²) in [5.74, 6) is 2.83. The third-order valence-electron chi connectivity index (χ3n) is 5.68. The van der Waals surface area contributed by atoms with Crippen LogP contribution in [-0.4, -0.2) is 60.7 Å². The summed E-state index contributed by atoms with van der Waals surface area (Å²) < 4.78 is 5.92. The topological polar surface area (TPSA) is 70.7 Å². The highest BCUT2D eigenvalue weighted by molar-refractivity contribution is 7.99. The molecular formula is C22H33N3O3S. The molecule has 1 aliphatic heterocycles. The number of hydrogen-bond acceptors (Lipinski definition) is 4. The molecule has 3 rings (SSSR count). The van der Waals surface area contributed by atoms with Crippen molar-refractivity contribution in [2.75, 3.05) is 43.1 Å². The van der Waals surface area contributed by atoms with E-state index in [9.17, 15) is 9.59 Å². The number of nitrogens with one attached hydrogen (secondary N) is 2. The van der Waals surface area contributed by atoms with Crippen LogP contribution in [0.2, 0.25) is 0 Å². The minimum Gasteiger partial charge on any atom is -0.376 e. The van der Waals surface area contributed by atoms with Gasteiger partial charge in [0.1, 0.15) is 0 Å². The maximum Gasteiger partial charge on any atom is 0.319 e. The van der Waals surface area contributed by atoms with Gasteiger partial charge in [-0.25, -0.2) is 4.79 Å². The number of hydrogen-bond donors (Lipinski definition) is 2. The Morgan fingerprint density at radius 2 is 1.86 bits per heavy atom. The third kappa shape index (κ3) is 7.23. The van der Waals surface area contributed by atoms with Crippen LogP contribution in [0, 0.1) is 5.92 Å². The first kappa shape index (κ1) is 22.0. The highest BCUT2D eigenvalue weighted by atomic mass is 32.2. The predicted molar refractivity (Wildman–Crippen MR) is 118 cm³/mol. The lowest BCUT2D eigenvalue weighted by Gasteiger charge is -2.28. The molecule has 0 spiro atoms. The second-order valence-electron chi connectivity index (χ2n) is 7.92. The van der Waals surface area contributed by atoms with Gasteiger partial charge in [0.25, 0.3) is 0 Å². The maximum atomic E-state index is 12.3. The number of thioether (sulfide) groups is 1. The van der Waals surface area contributed by atoms with Crippen molar-refractivity contribution in [3.63, 3.8) is 0 Å². The molecule has 1 heterocycles. The first-order chi connectivity index (χ1) is 14.1. The minimum atomic E-state index is -0.236. The van der Waals surface area contributed by atoms with Gasteiger partial charge < -0.3 is 20.3 Å². The van der Waals surface area contributed by atoms with E-state index < -0.39 is 0 Å². The lowest BCUT2D eigenvalue weighted by Crippen LogP contribution is -2.38. The monoisotopic (exact) mass is 419 g/mol. The van der Waals surface area contributed by atoms with Gasteiger partial charge in [0.2, 0.25) is 5.91 Å². The number of benzene rings is 1. The fraction of sp³-hybridized carbons (Fsp3) is 0.636. The Kier molecular flexibility index (Phi) is 8.68. The van der Waals surface area contributed by atoms with Gasteiger partial charge in [-0.05, 0) is 36.5 Å². The van der Waals surface area contributed by atoms with Gasteiger partial charge in [-0.2, -0.15) is 11.8 Å². The Morgan fingerprint density at radius 1 is 1.14 bits per heavy atom. The average Bonchev–Trinajstić information content (AvgIpc) is 2.74. The molecule has 29 heavy (non-hydrogen) atoms. The van der Waals surface area contributed by atoms with Gasteiger partial charge in [0, 0.05) is 36.8 Å². The SMILES string of the molecule is CC1CCCCC1OCCNC(=O)Nc1ccc(CC(=O)N2CCSCC2)cc1. The summed E-state index contributed by atoms with van der Waals surface area (Å²) in [6, 6.07) is 7.25. The molecule has 1 saturated heterocycles. The van der Waals surface area contributed by atoms with Gasteiger partial charge in [-0.3, -0.25) is 4.79 Å². The van der Waals surface area contributed by atoms with Crippen molar-refractivity contribution in [1.29, 1.82) is 0 Å². The Hall–Kier alpha value is -1.73. The van der Waals surface area contributed by atoms with Gasteiger partial charge in [0.15, 0.2) is 0 Å². The van der Waals surface area contributed by atoms with Crippen molar-refractivity contribution >= 4 is 29.4 Å². The average molecular weight is 420 g/mol. The molecule has 1 saturated carbocycles. The van der Waals surface area contributed by atoms with Crippen LogP contribution in [-0.2, 0) is 16.0 Å². The summed E-state index contributed by atoms with van der Waals surface area (Å²) in [5.41, 5.74) is 1.68. The molecule has 0 radical (unpaired) electrons. The second kappa shape index (κ2) is 11.5. The molecule has 1 aromatic carbocycles. The van der Waals surface area contributed by atoms with Crippen molar-refractivity contribution in [3.05, 3.63) is 29.8 Å². The first-order valence-corrected chi connectivity index (χ1v) is 11.9. The molecule has 2 atom stereocenters. The summed E-state index contributed by atoms with van der Waals surface area (Å²) in [6.45, 7) is 4.96. The van der Waals surface area contributed by atoms with E-state index in [-0.39, 0.29) is 11.9 Å². The van der Waals surface area contributed by atoms with Gasteiger partial charge >= 0.3 is 6.03 Å². The molecule has 1 aromatic rings. The number of carbonyl (C=O) groups excluding carboxylic acids is 2. The molecule has 1 aliphatic carbocycles. The number of anilines is 1. The van der Waals surface area contributed by atoms with Gasteiger partial charge in [-0.15, -0.1) is 0 Å². The standard InChI is InChI=1S/C22H33N3O3S/c1-17-4-2-3-5-20(17)28-13-10-23-22(27)24-19-8-6-18(7-9-19)16-21(26)25-11-14-29-15-12-25/h6-9,17,20H,2-5,10-16H2,1H3,(H2,23,24,27). The Labute approximate surface area is 178 Å². The van der Waals surface area contributed by atoms with E-state index in [1.54, 1.807) is 0 Å². The van der Waals surface area contributed by atoms with Crippen LogP contribution >= 0.6 is 11.8 Å². The molecule has 7 heteroatoms. The molecule has 160 valence electrons. The Morgan fingerprint density at radius 3 is 2.59 bits per heavy atom. The van der Waals surface area contributed by atoms with E-state index in [2.05, 4.69) is 17.6 Å². The highest BCUT2D eigenvalue weighted by Gasteiger charge is 2.21. The number of rotatable bonds is 7. The van der Waals surface area contributed by atoms with Crippen LogP contribution in [0.4, 0.5) is 10.5 Å². The van der Waals surface area contributed by atoms with E-state index in [4.69, 9.17) is 4.74 Å². The zero-order chi connectivity index (χ0) is 20.5. The lowest BCUT2D eigenvalue weighted by molar-refractivity contribution is -0.130. The van der Waals surface area contributed by atoms with Crippen LogP contribution in [0.15, 0.2) is 24.3 Å². The number of nitrogens with zero attached hydrogens (tertiary/aromatic N) is 1. The van der Waals surface area contributed by atoms with Crippen LogP contribution in [0.3, 0.4) is 0 Å². The van der Waals surface area contributed by atoms with Crippen LogP contribution < -0.4 is 10.6 Å². The lowest BCUT2D eigenvalue weighted by atomic mass is 9.88. The quantitative estimate of drug-likeness (QED) is 0.664. The van der Waals surface area contributed by atoms with E-state index in [0.717, 1.165) is 42.3 Å². The smallest absolute Gasteiger partial charge is 0.319 e. The molecule has 3 amide bonds. The fourth-order valence-electron chi connectivity index (χ4n) is 3.89. The van der Waals surface area contributed by atoms with Gasteiger partial charge in [0.05, 0.1) is 19.1 Å². The van der Waals surface area contributed by atoms with Crippen molar-refractivity contribution in [2.45, 2.75) is 45.1 Å². The first-order valence-electron chi connectivity index (χ1n) is 10.7. The van der Waals surface area contributed by atoms with Crippen molar-refractivity contribution < 1.29 is 14.3 Å². The summed E-state index contributed by atoms with van der Waals surface area (Å²) >= 11 is 1.90. The second-order valence-corrected chi connectivity index (χ2v) is 9.14. The third-order valence-corrected chi connectivity index (χ3v) is 6.63. The number of ether oxygens (including phenoxy) is 1. The largest absolute Gasteiger partial charge is 0.376 e. The number of amides is 3. The molecule has 2 fully saturated rings. The molecule has 0 aromatic heterocycles. The van der Waals surface area contributed by atoms with E-state index in [0.29, 0.717) is 31.6 Å². The van der Waals surface area contributed by atoms with Crippen LogP contribution in [0.5, 0.6) is 0 Å². The summed E-state index contributed by atoms with van der Waals surface area (Å²) in [5, 5.41) is 5.67. The summed E-state index contributed by atoms with van der Waals surface area (Å²) in [6.07, 6.45) is 5.63. The number of urea groups is 1. The van der Waals surface area contributed by atoms with Crippen molar-refractivity contribution in [2.24, 2.45) is 5.92 Å². The van der Waals surface area contributed by atoms with Crippen LogP contribution in [0.25, 0.3) is 0 Å². The molecule has 2 unspecified atom stereocenters. The Balaban J connectivity index is 1.34. The number of carbonyl (C=O) groups is 2. The summed E-state index contributed by atoms with van der Waals surface area (Å²) in [4.78, 5) is 26.3. The van der Waals surface area contributed by atoms with Crippen molar-refractivity contribution in [3.8, 4) is 0 Å². The molecule has 0 bridgehead atoms. The van der Waals surface area contributed by atoms with E-state index >= 15 is 0 Å². The Bertz CT molecular complexity index is 662. The van der Waals surface area contributed by atoms with E-state index in [1.165, 1.54) is 19.3 Å². The van der Waals surface area contributed by atoms with Crippen molar-refractivity contribution in [1.82, 2.24) is 10.2 Å². The molecule has 6 nitrogen and oxygen atoms in total. The maximum absolute atomic E-state index is 12.3. The fourth-order valence-corrected chi connectivity index (χ4v) is 4.79. The molecular weight excluding hydrogens is 386 g/mol. The van der Waals surface area contributed by atoms with Gasteiger partial charge in [-0.1, -0.05) is 31.9 Å². The summed E-state index contributed by atoms with van der Waals surface area (Å²) in [7, 11) is 0. The molecule has 2 aliphatic rings. The van der Waals surface area contributed by atoms with Crippen LogP contribution in [0.1, 0.15) is 38.2 Å². The van der Waals surface area contributed by atoms with E-state index in [1.807, 2.05) is 40.9 Å². The molecule has 2 N–H and O–H groups in total. The normalized spacial score (nSPS) is 22.2.